The first-order valence-corrected chi connectivity index (χ1v) is 5.62. The quantitative estimate of drug-likeness (QED) is 0.524. The summed E-state index contributed by atoms with van der Waals surface area (Å²) in [7, 11) is -2.80. The van der Waals surface area contributed by atoms with Crippen LogP contribution in [0.2, 0.25) is 0 Å². The van der Waals surface area contributed by atoms with Gasteiger partial charge in [0.15, 0.2) is 9.84 Å². The van der Waals surface area contributed by atoms with Crippen LogP contribution < -0.4 is 0 Å². The van der Waals surface area contributed by atoms with Crippen LogP contribution >= 0.6 is 0 Å². The molecule has 0 aromatic heterocycles. The highest BCUT2D eigenvalue weighted by Gasteiger charge is 2.48. The fourth-order valence-corrected chi connectivity index (χ4v) is 4.48. The summed E-state index contributed by atoms with van der Waals surface area (Å²) in [5.41, 5.74) is 0. The van der Waals surface area contributed by atoms with E-state index >= 15 is 0 Å². The van der Waals surface area contributed by atoms with Crippen LogP contribution in [0.15, 0.2) is 0 Å². The van der Waals surface area contributed by atoms with Gasteiger partial charge in [0.1, 0.15) is 0 Å². The van der Waals surface area contributed by atoms with Crippen LogP contribution in [0.3, 0.4) is 0 Å². The van der Waals surface area contributed by atoms with Crippen LogP contribution in [-0.4, -0.2) is 32.6 Å². The van der Waals surface area contributed by atoms with Gasteiger partial charge in [0, 0.05) is 5.92 Å². The predicted molar refractivity (Wildman–Crippen MR) is 41.0 cm³/mol. The molecule has 0 radical (unpaired) electrons. The molecule has 0 aromatic rings. The third kappa shape index (κ3) is 0.999. The van der Waals surface area contributed by atoms with Gasteiger partial charge < -0.3 is 4.74 Å². The van der Waals surface area contributed by atoms with Gasteiger partial charge in [-0.3, -0.25) is 0 Å². The maximum absolute atomic E-state index is 11.4. The van der Waals surface area contributed by atoms with E-state index in [-0.39, 0.29) is 11.2 Å². The van der Waals surface area contributed by atoms with Crippen molar-refractivity contribution in [2.24, 2.45) is 11.8 Å². The minimum absolute atomic E-state index is 0.183. The Bertz CT molecular complexity index is 257. The number of hydrogen-bond acceptors (Lipinski definition) is 3. The van der Waals surface area contributed by atoms with Crippen LogP contribution in [-0.2, 0) is 14.6 Å². The standard InChI is InChI=1S/C7H12O3S/c1-5-4-11(8,9)7-3-10-2-6(5)7/h5-7H,2-4H2,1H3. The van der Waals surface area contributed by atoms with Crippen molar-refractivity contribution in [3.63, 3.8) is 0 Å². The molecular formula is C7H12O3S. The van der Waals surface area contributed by atoms with Gasteiger partial charge in [0.05, 0.1) is 24.2 Å². The fraction of sp³-hybridized carbons (Fsp3) is 1.00. The summed E-state index contributed by atoms with van der Waals surface area (Å²) in [4.78, 5) is 0. The first-order valence-electron chi connectivity index (χ1n) is 3.90. The van der Waals surface area contributed by atoms with Gasteiger partial charge >= 0.3 is 0 Å². The molecule has 0 saturated carbocycles. The van der Waals surface area contributed by atoms with E-state index in [0.29, 0.717) is 24.9 Å². The van der Waals surface area contributed by atoms with Crippen LogP contribution in [0.5, 0.6) is 0 Å². The summed E-state index contributed by atoms with van der Waals surface area (Å²) >= 11 is 0. The Balaban J connectivity index is 2.35. The molecule has 0 aliphatic carbocycles. The molecule has 3 unspecified atom stereocenters. The van der Waals surface area contributed by atoms with Crippen molar-refractivity contribution in [2.45, 2.75) is 12.2 Å². The molecule has 2 rings (SSSR count). The van der Waals surface area contributed by atoms with E-state index in [2.05, 4.69) is 0 Å². The number of hydrogen-bond donors (Lipinski definition) is 0. The highest BCUT2D eigenvalue weighted by Crippen LogP contribution is 2.36. The summed E-state index contributed by atoms with van der Waals surface area (Å²) in [6, 6.07) is 0. The number of ether oxygens (including phenoxy) is 1. The van der Waals surface area contributed by atoms with Crippen LogP contribution in [0, 0.1) is 11.8 Å². The molecule has 3 nitrogen and oxygen atoms in total. The van der Waals surface area contributed by atoms with Crippen molar-refractivity contribution in [2.75, 3.05) is 19.0 Å². The van der Waals surface area contributed by atoms with Crippen LogP contribution in [0.25, 0.3) is 0 Å². The van der Waals surface area contributed by atoms with Gasteiger partial charge in [-0.2, -0.15) is 0 Å². The second kappa shape index (κ2) is 2.20. The number of rotatable bonds is 0. The third-order valence-corrected chi connectivity index (χ3v) is 5.16. The monoisotopic (exact) mass is 176 g/mol. The average Bonchev–Trinajstić information content (AvgIpc) is 2.37. The van der Waals surface area contributed by atoms with E-state index < -0.39 is 9.84 Å². The average molecular weight is 176 g/mol. The first kappa shape index (κ1) is 7.55. The second-order valence-electron chi connectivity index (χ2n) is 3.55. The lowest BCUT2D eigenvalue weighted by Gasteiger charge is -2.07. The topological polar surface area (TPSA) is 43.4 Å². The van der Waals surface area contributed by atoms with Crippen molar-refractivity contribution in [3.8, 4) is 0 Å². The molecule has 11 heavy (non-hydrogen) atoms. The van der Waals surface area contributed by atoms with E-state index in [9.17, 15) is 8.42 Å². The van der Waals surface area contributed by atoms with Crippen molar-refractivity contribution in [1.29, 1.82) is 0 Å². The number of fused-ring (bicyclic) bond motifs is 1. The Labute approximate surface area is 66.7 Å². The maximum atomic E-state index is 11.4. The molecule has 0 aromatic carbocycles. The van der Waals surface area contributed by atoms with E-state index in [1.807, 2.05) is 6.92 Å². The van der Waals surface area contributed by atoms with Gasteiger partial charge in [-0.05, 0) is 5.92 Å². The zero-order valence-electron chi connectivity index (χ0n) is 6.49. The molecule has 2 heterocycles. The molecule has 2 aliphatic rings. The zero-order valence-corrected chi connectivity index (χ0v) is 7.30. The molecule has 2 saturated heterocycles. The van der Waals surface area contributed by atoms with Gasteiger partial charge in [0.2, 0.25) is 0 Å². The van der Waals surface area contributed by atoms with E-state index in [0.717, 1.165) is 0 Å². The Morgan fingerprint density at radius 2 is 2.09 bits per heavy atom. The Morgan fingerprint density at radius 3 is 2.73 bits per heavy atom. The van der Waals surface area contributed by atoms with Crippen LogP contribution in [0.1, 0.15) is 6.92 Å². The second-order valence-corrected chi connectivity index (χ2v) is 5.81. The van der Waals surface area contributed by atoms with Gasteiger partial charge in [-0.15, -0.1) is 0 Å². The molecule has 2 fully saturated rings. The molecule has 0 amide bonds. The lowest BCUT2D eigenvalue weighted by molar-refractivity contribution is 0.176. The molecule has 4 heteroatoms. The molecule has 0 N–H and O–H groups in total. The van der Waals surface area contributed by atoms with E-state index in [1.165, 1.54) is 0 Å². The van der Waals surface area contributed by atoms with Crippen LogP contribution in [0.4, 0.5) is 0 Å². The van der Waals surface area contributed by atoms with Gasteiger partial charge in [-0.25, -0.2) is 8.42 Å². The Hall–Kier alpha value is -0.0900. The molecule has 3 atom stereocenters. The lowest BCUT2D eigenvalue weighted by Crippen LogP contribution is -2.21. The van der Waals surface area contributed by atoms with Crippen molar-refractivity contribution in [1.82, 2.24) is 0 Å². The first-order chi connectivity index (χ1) is 5.11. The summed E-state index contributed by atoms with van der Waals surface area (Å²) in [5, 5.41) is -0.183. The highest BCUT2D eigenvalue weighted by molar-refractivity contribution is 7.92. The maximum Gasteiger partial charge on any atom is 0.156 e. The Morgan fingerprint density at radius 1 is 1.36 bits per heavy atom. The smallest absolute Gasteiger partial charge is 0.156 e. The summed E-state index contributed by atoms with van der Waals surface area (Å²) in [6.07, 6.45) is 0. The van der Waals surface area contributed by atoms with Crippen molar-refractivity contribution >= 4 is 9.84 Å². The van der Waals surface area contributed by atoms with E-state index in [1.54, 1.807) is 0 Å². The summed E-state index contributed by atoms with van der Waals surface area (Å²) in [5.74, 6) is 0.943. The van der Waals surface area contributed by atoms with Gasteiger partial charge in [0.25, 0.3) is 0 Å². The largest absolute Gasteiger partial charge is 0.380 e. The third-order valence-electron chi connectivity index (χ3n) is 2.76. The summed E-state index contributed by atoms with van der Waals surface area (Å²) < 4.78 is 27.9. The SMILES string of the molecule is CC1CS(=O)(=O)C2COCC12. The highest BCUT2D eigenvalue weighted by atomic mass is 32.2. The fourth-order valence-electron chi connectivity index (χ4n) is 2.07. The predicted octanol–water partition coefficient (Wildman–Crippen LogP) is 0.0659. The van der Waals surface area contributed by atoms with Gasteiger partial charge in [-0.1, -0.05) is 6.92 Å². The molecule has 2 aliphatic heterocycles. The molecule has 0 spiro atoms. The van der Waals surface area contributed by atoms with E-state index in [4.69, 9.17) is 4.74 Å². The Kier molecular flexibility index (Phi) is 1.51. The normalized spacial score (nSPS) is 47.5. The lowest BCUT2D eigenvalue weighted by atomic mass is 9.96. The molecule has 0 bridgehead atoms. The van der Waals surface area contributed by atoms with Crippen molar-refractivity contribution < 1.29 is 13.2 Å². The summed E-state index contributed by atoms with van der Waals surface area (Å²) in [6.45, 7) is 3.07. The molecular weight excluding hydrogens is 164 g/mol. The number of sulfone groups is 1. The minimum Gasteiger partial charge on any atom is -0.380 e. The minimum atomic E-state index is -2.80. The molecule has 64 valence electrons. The van der Waals surface area contributed by atoms with Crippen molar-refractivity contribution in [3.05, 3.63) is 0 Å². The zero-order chi connectivity index (χ0) is 8.06.